The maximum Gasteiger partial charge on any atom is 0.187 e. The Morgan fingerprint density at radius 1 is 0.568 bits per heavy atom. The number of hydrogen-bond acceptors (Lipinski definition) is 6. The molecule has 0 spiro atoms. The molecule has 198 valence electrons. The zero-order chi connectivity index (χ0) is 27.5. The van der Waals surface area contributed by atoms with Gasteiger partial charge in [0, 0.05) is 0 Å². The molecule has 0 unspecified atom stereocenters. The van der Waals surface area contributed by atoms with Crippen LogP contribution in [0.1, 0.15) is 29.5 Å². The molecule has 0 bridgehead atoms. The van der Waals surface area contributed by atoms with Gasteiger partial charge in [0.05, 0.1) is 30.9 Å². The first kappa shape index (κ1) is 28.8. The second kappa shape index (κ2) is 10.9. The molecule has 0 aliphatic carbocycles. The minimum atomic E-state index is -4.20. The molecular weight excluding hydrogens is 529 g/mol. The molecule has 0 aliphatic rings. The standard InChI is InChI=1S/C28H32O6S3/c1-5-28(37(33,34)27-16-10-24(4)11-17-27,18-20-35(29,30)25-12-6-22(2)7-13-25)19-21-36(31,32)26-14-8-23(3)9-15-26/h5-17H,1,18-21H2,2-4H3. The molecule has 0 amide bonds. The summed E-state index contributed by atoms with van der Waals surface area (Å²) in [7, 11) is -11.9. The molecule has 0 fully saturated rings. The topological polar surface area (TPSA) is 102 Å². The summed E-state index contributed by atoms with van der Waals surface area (Å²) in [5.41, 5.74) is 2.64. The fourth-order valence-electron chi connectivity index (χ4n) is 4.00. The summed E-state index contributed by atoms with van der Waals surface area (Å²) in [6.45, 7) is 9.23. The molecule has 0 heterocycles. The summed E-state index contributed by atoms with van der Waals surface area (Å²) in [5, 5.41) is 0. The molecule has 0 radical (unpaired) electrons. The lowest BCUT2D eigenvalue weighted by Gasteiger charge is -2.30. The summed E-state index contributed by atoms with van der Waals surface area (Å²) >= 11 is 0. The van der Waals surface area contributed by atoms with Gasteiger partial charge < -0.3 is 0 Å². The normalized spacial score (nSPS) is 12.8. The number of benzene rings is 3. The van der Waals surface area contributed by atoms with Crippen LogP contribution in [0.4, 0.5) is 0 Å². The van der Waals surface area contributed by atoms with E-state index in [1.165, 1.54) is 42.5 Å². The minimum Gasteiger partial charge on any atom is -0.224 e. The number of rotatable bonds is 11. The Morgan fingerprint density at radius 3 is 1.16 bits per heavy atom. The van der Waals surface area contributed by atoms with Crippen LogP contribution in [0.5, 0.6) is 0 Å². The highest BCUT2D eigenvalue weighted by Gasteiger charge is 2.44. The molecule has 0 aromatic heterocycles. The van der Waals surface area contributed by atoms with Gasteiger partial charge in [-0.25, -0.2) is 25.3 Å². The van der Waals surface area contributed by atoms with Crippen molar-refractivity contribution in [3.63, 3.8) is 0 Å². The Bertz CT molecular complexity index is 1490. The van der Waals surface area contributed by atoms with Crippen LogP contribution in [-0.2, 0) is 29.5 Å². The van der Waals surface area contributed by atoms with Gasteiger partial charge in [-0.2, -0.15) is 0 Å². The van der Waals surface area contributed by atoms with Gasteiger partial charge in [-0.1, -0.05) is 59.2 Å². The van der Waals surface area contributed by atoms with E-state index in [4.69, 9.17) is 0 Å². The highest BCUT2D eigenvalue weighted by Crippen LogP contribution is 2.36. The largest absolute Gasteiger partial charge is 0.224 e. The van der Waals surface area contributed by atoms with Gasteiger partial charge >= 0.3 is 0 Å². The first-order valence-corrected chi connectivity index (χ1v) is 16.5. The molecule has 0 atom stereocenters. The predicted octanol–water partition coefficient (Wildman–Crippen LogP) is 5.04. The van der Waals surface area contributed by atoms with E-state index >= 15 is 0 Å². The van der Waals surface area contributed by atoms with Gasteiger partial charge in [-0.05, 0) is 70.0 Å². The molecule has 3 rings (SSSR count). The van der Waals surface area contributed by atoms with Gasteiger partial charge in [-0.3, -0.25) is 0 Å². The van der Waals surface area contributed by atoms with E-state index in [0.29, 0.717) is 0 Å². The summed E-state index contributed by atoms with van der Waals surface area (Å²) in [4.78, 5) is 0.144. The zero-order valence-corrected chi connectivity index (χ0v) is 23.7. The van der Waals surface area contributed by atoms with Crippen LogP contribution >= 0.6 is 0 Å². The Morgan fingerprint density at radius 2 is 0.865 bits per heavy atom. The van der Waals surface area contributed by atoms with Gasteiger partial charge in [-0.15, -0.1) is 6.58 Å². The number of hydrogen-bond donors (Lipinski definition) is 0. The van der Waals surface area contributed by atoms with Crippen LogP contribution in [0.15, 0.2) is 100 Å². The number of sulfone groups is 3. The Hall–Kier alpha value is -2.75. The second-order valence-corrected chi connectivity index (χ2v) is 15.9. The van der Waals surface area contributed by atoms with Crippen LogP contribution in [0.2, 0.25) is 0 Å². The molecule has 0 aliphatic heterocycles. The Kier molecular flexibility index (Phi) is 8.51. The monoisotopic (exact) mass is 560 g/mol. The lowest BCUT2D eigenvalue weighted by molar-refractivity contribution is 0.527. The third kappa shape index (κ3) is 6.40. The van der Waals surface area contributed by atoms with E-state index in [-0.39, 0.29) is 27.5 Å². The van der Waals surface area contributed by atoms with Crippen molar-refractivity contribution in [2.45, 2.75) is 53.0 Å². The summed E-state index contributed by atoms with van der Waals surface area (Å²) in [5.74, 6) is -0.977. The van der Waals surface area contributed by atoms with Crippen LogP contribution in [0, 0.1) is 20.8 Å². The third-order valence-electron chi connectivity index (χ3n) is 6.59. The molecule has 6 nitrogen and oxygen atoms in total. The van der Waals surface area contributed by atoms with Crippen molar-refractivity contribution in [3.8, 4) is 0 Å². The zero-order valence-electron chi connectivity index (χ0n) is 21.2. The first-order chi connectivity index (χ1) is 17.2. The van der Waals surface area contributed by atoms with Crippen molar-refractivity contribution >= 4 is 29.5 Å². The van der Waals surface area contributed by atoms with Crippen LogP contribution in [-0.4, -0.2) is 41.5 Å². The quantitative estimate of drug-likeness (QED) is 0.305. The van der Waals surface area contributed by atoms with Crippen LogP contribution in [0.3, 0.4) is 0 Å². The summed E-state index contributed by atoms with van der Waals surface area (Å²) in [6, 6.07) is 18.8. The molecule has 3 aromatic rings. The maximum atomic E-state index is 13.9. The highest BCUT2D eigenvalue weighted by atomic mass is 32.2. The fourth-order valence-corrected chi connectivity index (χ4v) is 9.02. The molecule has 9 heteroatoms. The van der Waals surface area contributed by atoms with E-state index in [1.807, 2.05) is 20.8 Å². The van der Waals surface area contributed by atoms with E-state index < -0.39 is 45.8 Å². The number of aryl methyl sites for hydroxylation is 3. The van der Waals surface area contributed by atoms with Crippen molar-refractivity contribution < 1.29 is 25.3 Å². The first-order valence-electron chi connectivity index (χ1n) is 11.8. The van der Waals surface area contributed by atoms with Crippen LogP contribution < -0.4 is 0 Å². The van der Waals surface area contributed by atoms with Crippen molar-refractivity contribution in [2.75, 3.05) is 11.5 Å². The molecular formula is C28H32O6S3. The van der Waals surface area contributed by atoms with Gasteiger partial charge in [0.25, 0.3) is 0 Å². The molecule has 0 saturated heterocycles. The van der Waals surface area contributed by atoms with E-state index in [1.54, 1.807) is 36.4 Å². The summed E-state index contributed by atoms with van der Waals surface area (Å²) in [6.07, 6.45) is 0.510. The SMILES string of the molecule is C=CC(CCS(=O)(=O)c1ccc(C)cc1)(CCS(=O)(=O)c1ccc(C)cc1)S(=O)(=O)c1ccc(C)cc1. The Labute approximate surface area is 220 Å². The third-order valence-corrected chi connectivity index (χ3v) is 12.6. The average molecular weight is 561 g/mol. The van der Waals surface area contributed by atoms with Gasteiger partial charge in [0.1, 0.15) is 0 Å². The molecule has 0 saturated carbocycles. The van der Waals surface area contributed by atoms with Crippen LogP contribution in [0.25, 0.3) is 0 Å². The van der Waals surface area contributed by atoms with Crippen molar-refractivity contribution in [2.24, 2.45) is 0 Å². The van der Waals surface area contributed by atoms with E-state index in [0.717, 1.165) is 16.7 Å². The predicted molar refractivity (Wildman–Crippen MR) is 147 cm³/mol. The average Bonchev–Trinajstić information content (AvgIpc) is 2.85. The fraction of sp³-hybridized carbons (Fsp3) is 0.286. The smallest absolute Gasteiger partial charge is 0.187 e. The molecule has 37 heavy (non-hydrogen) atoms. The van der Waals surface area contributed by atoms with Gasteiger partial charge in [0.15, 0.2) is 29.5 Å². The lowest BCUT2D eigenvalue weighted by Crippen LogP contribution is -2.40. The maximum absolute atomic E-state index is 13.9. The van der Waals surface area contributed by atoms with Crippen molar-refractivity contribution in [1.82, 2.24) is 0 Å². The van der Waals surface area contributed by atoms with E-state index in [2.05, 4.69) is 6.58 Å². The Balaban J connectivity index is 2.02. The molecule has 3 aromatic carbocycles. The lowest BCUT2D eigenvalue weighted by atomic mass is 10.0. The molecule has 0 N–H and O–H groups in total. The minimum absolute atomic E-state index is 0.0153. The van der Waals surface area contributed by atoms with Crippen molar-refractivity contribution in [1.29, 1.82) is 0 Å². The van der Waals surface area contributed by atoms with E-state index in [9.17, 15) is 25.3 Å². The highest BCUT2D eigenvalue weighted by molar-refractivity contribution is 7.94. The van der Waals surface area contributed by atoms with Crippen molar-refractivity contribution in [3.05, 3.63) is 102 Å². The second-order valence-electron chi connectivity index (χ2n) is 9.35. The van der Waals surface area contributed by atoms with Gasteiger partial charge in [0.2, 0.25) is 0 Å². The summed E-state index contributed by atoms with van der Waals surface area (Å²) < 4.78 is 78.5.